The van der Waals surface area contributed by atoms with Gasteiger partial charge in [0.2, 0.25) is 0 Å². The summed E-state index contributed by atoms with van der Waals surface area (Å²) in [6.07, 6.45) is -0.0544. The first kappa shape index (κ1) is 10.2. The van der Waals surface area contributed by atoms with Crippen LogP contribution in [0.15, 0.2) is 30.3 Å². The first-order valence-electron chi connectivity index (χ1n) is 5.09. The number of hydrogen-bond donors (Lipinski definition) is 0. The van der Waals surface area contributed by atoms with Crippen molar-refractivity contribution in [3.63, 3.8) is 0 Å². The van der Waals surface area contributed by atoms with E-state index in [-0.39, 0.29) is 18.0 Å². The van der Waals surface area contributed by atoms with Crippen LogP contribution in [0.25, 0.3) is 0 Å². The Morgan fingerprint density at radius 2 is 2.07 bits per heavy atom. The minimum Gasteiger partial charge on any atom is -0.459 e. The Labute approximate surface area is 89.0 Å². The van der Waals surface area contributed by atoms with Crippen LogP contribution in [0.4, 0.5) is 0 Å². The number of carbonyl (C=O) groups is 1. The number of rotatable bonds is 4. The van der Waals surface area contributed by atoms with E-state index in [1.807, 2.05) is 37.3 Å². The number of hydrogen-bond acceptors (Lipinski definition) is 3. The largest absolute Gasteiger partial charge is 0.459 e. The zero-order chi connectivity index (χ0) is 10.7. The van der Waals surface area contributed by atoms with E-state index in [1.165, 1.54) is 0 Å². The van der Waals surface area contributed by atoms with Crippen molar-refractivity contribution in [3.8, 4) is 0 Å². The lowest BCUT2D eigenvalue weighted by atomic mass is 10.0. The summed E-state index contributed by atoms with van der Waals surface area (Å²) in [5, 5.41) is 0. The highest BCUT2D eigenvalue weighted by molar-refractivity contribution is 5.78. The summed E-state index contributed by atoms with van der Waals surface area (Å²) in [5.74, 6) is -0.135. The predicted molar refractivity (Wildman–Crippen MR) is 55.1 cm³/mol. The fraction of sp³-hybridized carbons (Fsp3) is 0.417. The van der Waals surface area contributed by atoms with E-state index in [1.54, 1.807) is 0 Å². The van der Waals surface area contributed by atoms with Crippen LogP contribution in [0.1, 0.15) is 12.5 Å². The molecule has 1 aliphatic rings. The van der Waals surface area contributed by atoms with Gasteiger partial charge in [-0.25, -0.2) is 0 Å². The third kappa shape index (κ3) is 2.36. The number of esters is 1. The number of benzene rings is 1. The van der Waals surface area contributed by atoms with Crippen LogP contribution in [-0.4, -0.2) is 18.7 Å². The maximum atomic E-state index is 10.8. The molecule has 0 aliphatic carbocycles. The molecule has 80 valence electrons. The van der Waals surface area contributed by atoms with E-state index in [9.17, 15) is 4.79 Å². The Morgan fingerprint density at radius 3 is 2.67 bits per heavy atom. The van der Waals surface area contributed by atoms with Crippen molar-refractivity contribution in [2.45, 2.75) is 19.6 Å². The maximum Gasteiger partial charge on any atom is 0.312 e. The van der Waals surface area contributed by atoms with Crippen LogP contribution in [0, 0.1) is 5.92 Å². The molecule has 0 spiro atoms. The minimum atomic E-state index is -0.122. The maximum absolute atomic E-state index is 10.8. The molecule has 1 aromatic rings. The van der Waals surface area contributed by atoms with Crippen molar-refractivity contribution in [1.82, 2.24) is 0 Å². The second-order valence-electron chi connectivity index (χ2n) is 3.76. The molecule has 1 aromatic carbocycles. The number of cyclic esters (lactones) is 1. The van der Waals surface area contributed by atoms with Crippen molar-refractivity contribution in [3.05, 3.63) is 35.9 Å². The zero-order valence-corrected chi connectivity index (χ0v) is 8.68. The van der Waals surface area contributed by atoms with Gasteiger partial charge in [0.1, 0.15) is 6.10 Å². The molecule has 2 rings (SSSR count). The van der Waals surface area contributed by atoms with E-state index >= 15 is 0 Å². The van der Waals surface area contributed by atoms with Gasteiger partial charge in [-0.2, -0.15) is 0 Å². The molecule has 0 N–H and O–H groups in total. The molecule has 0 aromatic heterocycles. The lowest BCUT2D eigenvalue weighted by Gasteiger charge is -2.32. The van der Waals surface area contributed by atoms with Crippen molar-refractivity contribution < 1.29 is 14.3 Å². The first-order valence-corrected chi connectivity index (χ1v) is 5.09. The van der Waals surface area contributed by atoms with Gasteiger partial charge in [-0.3, -0.25) is 4.79 Å². The van der Waals surface area contributed by atoms with Crippen molar-refractivity contribution in [2.75, 3.05) is 6.61 Å². The molecule has 0 saturated carbocycles. The monoisotopic (exact) mass is 206 g/mol. The van der Waals surface area contributed by atoms with Gasteiger partial charge in [0, 0.05) is 0 Å². The normalized spacial score (nSPS) is 24.5. The summed E-state index contributed by atoms with van der Waals surface area (Å²) in [6.45, 7) is 2.92. The van der Waals surface area contributed by atoms with Gasteiger partial charge < -0.3 is 9.47 Å². The summed E-state index contributed by atoms with van der Waals surface area (Å²) in [6, 6.07) is 9.95. The highest BCUT2D eigenvalue weighted by Gasteiger charge is 2.38. The highest BCUT2D eigenvalue weighted by atomic mass is 16.6. The molecular formula is C12H14O3. The lowest BCUT2D eigenvalue weighted by molar-refractivity contribution is -0.189. The van der Waals surface area contributed by atoms with Gasteiger partial charge in [-0.15, -0.1) is 0 Å². The van der Waals surface area contributed by atoms with Crippen molar-refractivity contribution in [1.29, 1.82) is 0 Å². The third-order valence-electron chi connectivity index (χ3n) is 2.59. The Bertz CT molecular complexity index is 334. The SMILES string of the molecule is C[C@H]1C(=O)O[C@H]1COCc1ccccc1. The lowest BCUT2D eigenvalue weighted by Crippen LogP contribution is -2.45. The minimum absolute atomic E-state index is 0.0132. The second-order valence-corrected chi connectivity index (χ2v) is 3.76. The summed E-state index contributed by atoms with van der Waals surface area (Å²) in [7, 11) is 0. The Morgan fingerprint density at radius 1 is 1.33 bits per heavy atom. The van der Waals surface area contributed by atoms with Crippen molar-refractivity contribution >= 4 is 5.97 Å². The fourth-order valence-electron chi connectivity index (χ4n) is 1.48. The number of ether oxygens (including phenoxy) is 2. The van der Waals surface area contributed by atoms with Crippen LogP contribution in [0.3, 0.4) is 0 Å². The summed E-state index contributed by atoms with van der Waals surface area (Å²) < 4.78 is 10.4. The first-order chi connectivity index (χ1) is 7.27. The average Bonchev–Trinajstić information content (AvgIpc) is 2.29. The predicted octanol–water partition coefficient (Wildman–Crippen LogP) is 1.76. The van der Waals surface area contributed by atoms with Crippen LogP contribution in [0.2, 0.25) is 0 Å². The molecule has 0 unspecified atom stereocenters. The number of carbonyl (C=O) groups excluding carboxylic acids is 1. The smallest absolute Gasteiger partial charge is 0.312 e. The molecule has 1 fully saturated rings. The molecule has 3 heteroatoms. The van der Waals surface area contributed by atoms with Crippen LogP contribution >= 0.6 is 0 Å². The molecule has 1 heterocycles. The van der Waals surface area contributed by atoms with E-state index in [4.69, 9.17) is 9.47 Å². The molecule has 3 nitrogen and oxygen atoms in total. The van der Waals surface area contributed by atoms with Gasteiger partial charge in [-0.05, 0) is 12.5 Å². The molecule has 1 saturated heterocycles. The van der Waals surface area contributed by atoms with Crippen LogP contribution in [-0.2, 0) is 20.9 Å². The van der Waals surface area contributed by atoms with E-state index in [2.05, 4.69) is 0 Å². The Kier molecular flexibility index (Phi) is 3.02. The molecule has 0 radical (unpaired) electrons. The molecular weight excluding hydrogens is 192 g/mol. The fourth-order valence-corrected chi connectivity index (χ4v) is 1.48. The Hall–Kier alpha value is -1.35. The molecule has 1 aliphatic heterocycles. The molecule has 2 atom stereocenters. The quantitative estimate of drug-likeness (QED) is 0.704. The molecule has 0 amide bonds. The van der Waals surface area contributed by atoms with Gasteiger partial charge in [0.25, 0.3) is 0 Å². The van der Waals surface area contributed by atoms with Gasteiger partial charge in [0.15, 0.2) is 0 Å². The van der Waals surface area contributed by atoms with Gasteiger partial charge in [-0.1, -0.05) is 30.3 Å². The third-order valence-corrected chi connectivity index (χ3v) is 2.59. The van der Waals surface area contributed by atoms with Crippen LogP contribution < -0.4 is 0 Å². The molecule has 0 bridgehead atoms. The van der Waals surface area contributed by atoms with Gasteiger partial charge in [0.05, 0.1) is 19.1 Å². The standard InChI is InChI=1S/C12H14O3/c1-9-11(15-12(9)13)8-14-7-10-5-3-2-4-6-10/h2-6,9,11H,7-8H2,1H3/t9-,11+/m1/s1. The summed E-state index contributed by atoms with van der Waals surface area (Å²) >= 11 is 0. The van der Waals surface area contributed by atoms with Crippen molar-refractivity contribution in [2.24, 2.45) is 5.92 Å². The van der Waals surface area contributed by atoms with E-state index in [0.29, 0.717) is 13.2 Å². The highest BCUT2D eigenvalue weighted by Crippen LogP contribution is 2.21. The van der Waals surface area contributed by atoms with Gasteiger partial charge >= 0.3 is 5.97 Å². The second kappa shape index (κ2) is 4.45. The summed E-state index contributed by atoms with van der Waals surface area (Å²) in [5.41, 5.74) is 1.14. The zero-order valence-electron chi connectivity index (χ0n) is 8.68. The molecule has 15 heavy (non-hydrogen) atoms. The van der Waals surface area contributed by atoms with E-state index < -0.39 is 0 Å². The van der Waals surface area contributed by atoms with Crippen LogP contribution in [0.5, 0.6) is 0 Å². The van der Waals surface area contributed by atoms with E-state index in [0.717, 1.165) is 5.56 Å². The average molecular weight is 206 g/mol. The summed E-state index contributed by atoms with van der Waals surface area (Å²) in [4.78, 5) is 10.8. The topological polar surface area (TPSA) is 35.5 Å². The Balaban J connectivity index is 1.70.